The lowest BCUT2D eigenvalue weighted by Crippen LogP contribution is -2.46. The molecule has 0 spiro atoms. The van der Waals surface area contributed by atoms with Crippen molar-refractivity contribution < 1.29 is 18.0 Å². The topological polar surface area (TPSA) is 95.6 Å². The highest BCUT2D eigenvalue weighted by atomic mass is 32.2. The van der Waals surface area contributed by atoms with E-state index in [0.717, 1.165) is 10.6 Å². The minimum Gasteiger partial charge on any atom is -0.326 e. The van der Waals surface area contributed by atoms with E-state index in [2.05, 4.69) is 10.6 Å². The van der Waals surface area contributed by atoms with Crippen molar-refractivity contribution in [3.8, 4) is 0 Å². The predicted molar refractivity (Wildman–Crippen MR) is 107 cm³/mol. The second-order valence-electron chi connectivity index (χ2n) is 6.07. The molecule has 0 aliphatic rings. The Hall–Kier alpha value is -2.87. The van der Waals surface area contributed by atoms with Crippen molar-refractivity contribution in [2.24, 2.45) is 0 Å². The predicted octanol–water partition coefficient (Wildman–Crippen LogP) is 2.83. The Kier molecular flexibility index (Phi) is 6.57. The first-order chi connectivity index (χ1) is 12.7. The van der Waals surface area contributed by atoms with E-state index in [1.807, 2.05) is 0 Å². The van der Waals surface area contributed by atoms with Gasteiger partial charge in [0.15, 0.2) is 0 Å². The highest BCUT2D eigenvalue weighted by Crippen LogP contribution is 2.23. The monoisotopic (exact) mass is 389 g/mol. The molecule has 2 aromatic rings. The van der Waals surface area contributed by atoms with E-state index in [1.54, 1.807) is 61.5 Å². The molecular weight excluding hydrogens is 366 g/mol. The quantitative estimate of drug-likeness (QED) is 0.761. The molecule has 0 heterocycles. The van der Waals surface area contributed by atoms with E-state index in [4.69, 9.17) is 0 Å². The summed E-state index contributed by atoms with van der Waals surface area (Å²) >= 11 is 0. The number of para-hydroxylation sites is 1. The molecule has 0 bridgehead atoms. The maximum Gasteiger partial charge on any atom is 0.248 e. The Morgan fingerprint density at radius 2 is 1.59 bits per heavy atom. The molecule has 0 aliphatic heterocycles. The largest absolute Gasteiger partial charge is 0.326 e. The number of rotatable bonds is 7. The average Bonchev–Trinajstić information content (AvgIpc) is 2.58. The van der Waals surface area contributed by atoms with Crippen LogP contribution in [0.3, 0.4) is 0 Å². The van der Waals surface area contributed by atoms with Gasteiger partial charge in [-0.2, -0.15) is 0 Å². The van der Waals surface area contributed by atoms with Gasteiger partial charge in [-0.1, -0.05) is 31.2 Å². The molecule has 144 valence electrons. The maximum atomic E-state index is 12.8. The van der Waals surface area contributed by atoms with Gasteiger partial charge < -0.3 is 10.6 Å². The molecule has 0 saturated carbocycles. The van der Waals surface area contributed by atoms with Crippen LogP contribution in [0.4, 0.5) is 17.1 Å². The molecule has 2 aromatic carbocycles. The van der Waals surface area contributed by atoms with Crippen LogP contribution in [-0.2, 0) is 19.6 Å². The Bertz CT molecular complexity index is 914. The van der Waals surface area contributed by atoms with Crippen LogP contribution < -0.4 is 14.9 Å². The number of amides is 2. The van der Waals surface area contributed by atoms with E-state index in [9.17, 15) is 18.0 Å². The number of nitrogens with one attached hydrogen (secondary N) is 2. The number of nitrogens with zero attached hydrogens (tertiary/aromatic N) is 1. The standard InChI is InChI=1S/C19H23N3O4S/c1-4-18(22(27(3,25)26)17-11-6-5-7-12-17)19(24)21-16-10-8-9-15(13-16)20-14(2)23/h5-13,18H,4H2,1-3H3,(H,20,23)(H,21,24)/t18-/m1/s1. The Balaban J connectivity index is 2.30. The smallest absolute Gasteiger partial charge is 0.248 e. The summed E-state index contributed by atoms with van der Waals surface area (Å²) in [6.07, 6.45) is 1.37. The minimum absolute atomic E-state index is 0.225. The number of sulfonamides is 1. The fourth-order valence-electron chi connectivity index (χ4n) is 2.74. The molecule has 0 unspecified atom stereocenters. The SMILES string of the molecule is CC[C@H](C(=O)Nc1cccc(NC(C)=O)c1)N(c1ccccc1)S(C)(=O)=O. The van der Waals surface area contributed by atoms with Crippen LogP contribution in [0.5, 0.6) is 0 Å². The van der Waals surface area contributed by atoms with E-state index in [0.29, 0.717) is 23.5 Å². The summed E-state index contributed by atoms with van der Waals surface area (Å²) in [7, 11) is -3.68. The van der Waals surface area contributed by atoms with Crippen LogP contribution in [0.25, 0.3) is 0 Å². The van der Waals surface area contributed by atoms with Gasteiger partial charge in [0.05, 0.1) is 11.9 Å². The number of carbonyl (C=O) groups is 2. The zero-order valence-corrected chi connectivity index (χ0v) is 16.3. The lowest BCUT2D eigenvalue weighted by Gasteiger charge is -2.30. The van der Waals surface area contributed by atoms with Crippen LogP contribution in [0.1, 0.15) is 20.3 Å². The van der Waals surface area contributed by atoms with Crippen molar-refractivity contribution >= 4 is 38.9 Å². The molecule has 7 nitrogen and oxygen atoms in total. The third kappa shape index (κ3) is 5.55. The highest BCUT2D eigenvalue weighted by molar-refractivity contribution is 7.92. The fraction of sp³-hybridized carbons (Fsp3) is 0.263. The molecule has 2 amide bonds. The van der Waals surface area contributed by atoms with Crippen LogP contribution in [0.15, 0.2) is 54.6 Å². The van der Waals surface area contributed by atoms with Crippen LogP contribution in [-0.4, -0.2) is 32.5 Å². The molecule has 0 radical (unpaired) electrons. The zero-order chi connectivity index (χ0) is 20.0. The molecule has 0 saturated heterocycles. The summed E-state index contributed by atoms with van der Waals surface area (Å²) in [5.74, 6) is -0.677. The second kappa shape index (κ2) is 8.68. The van der Waals surface area contributed by atoms with Crippen molar-refractivity contribution in [2.75, 3.05) is 21.2 Å². The van der Waals surface area contributed by atoms with E-state index in [-0.39, 0.29) is 5.91 Å². The Morgan fingerprint density at radius 1 is 1.00 bits per heavy atom. The first-order valence-corrected chi connectivity index (χ1v) is 10.3. The van der Waals surface area contributed by atoms with Gasteiger partial charge in [-0.3, -0.25) is 13.9 Å². The number of carbonyl (C=O) groups excluding carboxylic acids is 2. The van der Waals surface area contributed by atoms with Crippen LogP contribution in [0, 0.1) is 0 Å². The number of anilines is 3. The van der Waals surface area contributed by atoms with Gasteiger partial charge >= 0.3 is 0 Å². The van der Waals surface area contributed by atoms with Gasteiger partial charge in [0.2, 0.25) is 21.8 Å². The van der Waals surface area contributed by atoms with Crippen molar-refractivity contribution in [1.82, 2.24) is 0 Å². The number of hydrogen-bond acceptors (Lipinski definition) is 4. The van der Waals surface area contributed by atoms with Gasteiger partial charge in [-0.05, 0) is 36.8 Å². The summed E-state index contributed by atoms with van der Waals surface area (Å²) in [6, 6.07) is 14.3. The molecule has 0 aromatic heterocycles. The first-order valence-electron chi connectivity index (χ1n) is 8.45. The summed E-state index contributed by atoms with van der Waals surface area (Å²) in [5.41, 5.74) is 1.43. The van der Waals surface area contributed by atoms with Crippen molar-refractivity contribution in [2.45, 2.75) is 26.3 Å². The summed E-state index contributed by atoms with van der Waals surface area (Å²) in [6.45, 7) is 3.14. The molecular formula is C19H23N3O4S. The zero-order valence-electron chi connectivity index (χ0n) is 15.5. The third-order valence-electron chi connectivity index (χ3n) is 3.79. The molecule has 27 heavy (non-hydrogen) atoms. The third-order valence-corrected chi connectivity index (χ3v) is 4.97. The summed E-state index contributed by atoms with van der Waals surface area (Å²) < 4.78 is 25.9. The van der Waals surface area contributed by atoms with Gasteiger partial charge in [0, 0.05) is 18.3 Å². The van der Waals surface area contributed by atoms with Gasteiger partial charge in [0.1, 0.15) is 6.04 Å². The average molecular weight is 389 g/mol. The maximum absolute atomic E-state index is 12.8. The highest BCUT2D eigenvalue weighted by Gasteiger charge is 2.31. The Labute approximate surface area is 159 Å². The number of benzene rings is 2. The lowest BCUT2D eigenvalue weighted by atomic mass is 10.1. The summed E-state index contributed by atoms with van der Waals surface area (Å²) in [4.78, 5) is 24.0. The van der Waals surface area contributed by atoms with Crippen LogP contribution >= 0.6 is 0 Å². The molecule has 1 atom stereocenters. The first kappa shape index (κ1) is 20.4. The molecule has 0 fully saturated rings. The fourth-order valence-corrected chi connectivity index (χ4v) is 3.95. The molecule has 0 aliphatic carbocycles. The Morgan fingerprint density at radius 3 is 2.11 bits per heavy atom. The van der Waals surface area contributed by atoms with Gasteiger partial charge in [0.25, 0.3) is 0 Å². The second-order valence-corrected chi connectivity index (χ2v) is 7.93. The molecule has 2 rings (SSSR count). The van der Waals surface area contributed by atoms with Crippen molar-refractivity contribution in [3.05, 3.63) is 54.6 Å². The lowest BCUT2D eigenvalue weighted by molar-refractivity contribution is -0.117. The van der Waals surface area contributed by atoms with Crippen molar-refractivity contribution in [3.63, 3.8) is 0 Å². The van der Waals surface area contributed by atoms with Crippen LogP contribution in [0.2, 0.25) is 0 Å². The molecule has 8 heteroatoms. The van der Waals surface area contributed by atoms with E-state index < -0.39 is 22.0 Å². The normalized spacial score (nSPS) is 12.1. The molecule has 2 N–H and O–H groups in total. The van der Waals surface area contributed by atoms with Gasteiger partial charge in [-0.15, -0.1) is 0 Å². The van der Waals surface area contributed by atoms with Gasteiger partial charge in [-0.25, -0.2) is 8.42 Å². The van der Waals surface area contributed by atoms with Crippen molar-refractivity contribution in [1.29, 1.82) is 0 Å². The van der Waals surface area contributed by atoms with E-state index in [1.165, 1.54) is 6.92 Å². The number of hydrogen-bond donors (Lipinski definition) is 2. The summed E-state index contributed by atoms with van der Waals surface area (Å²) in [5, 5.41) is 5.37. The minimum atomic E-state index is -3.68. The van der Waals surface area contributed by atoms with E-state index >= 15 is 0 Å².